The highest BCUT2D eigenvalue weighted by molar-refractivity contribution is 5.91. The number of hydrogen-bond donors (Lipinski definition) is 1. The number of hydrogen-bond acceptors (Lipinski definition) is 5. The van der Waals surface area contributed by atoms with E-state index in [-0.39, 0.29) is 5.54 Å². The predicted molar refractivity (Wildman–Crippen MR) is 107 cm³/mol. The van der Waals surface area contributed by atoms with E-state index in [1.54, 1.807) is 10.9 Å². The second kappa shape index (κ2) is 6.72. The number of nitrogens with zero attached hydrogens (tertiary/aromatic N) is 4. The molecule has 0 spiro atoms. The zero-order chi connectivity index (χ0) is 18.9. The lowest BCUT2D eigenvalue weighted by Gasteiger charge is -2.22. The minimum Gasteiger partial charge on any atom is -0.457 e. The molecule has 0 amide bonds. The van der Waals surface area contributed by atoms with E-state index in [9.17, 15) is 0 Å². The van der Waals surface area contributed by atoms with Gasteiger partial charge in [0.25, 0.3) is 5.95 Å². The molecule has 0 fully saturated rings. The molecule has 4 rings (SSSR count). The fraction of sp³-hybridized carbons (Fsp3) is 0.190. The van der Waals surface area contributed by atoms with Crippen molar-refractivity contribution in [3.05, 3.63) is 67.0 Å². The van der Waals surface area contributed by atoms with Gasteiger partial charge in [0.15, 0.2) is 0 Å². The number of aromatic nitrogens is 4. The molecule has 1 N–H and O–H groups in total. The quantitative estimate of drug-likeness (QED) is 0.566. The van der Waals surface area contributed by atoms with Crippen LogP contribution in [0.15, 0.2) is 67.0 Å². The predicted octanol–water partition coefficient (Wildman–Crippen LogP) is 4.82. The Morgan fingerprint density at radius 3 is 2.44 bits per heavy atom. The van der Waals surface area contributed by atoms with E-state index in [2.05, 4.69) is 36.2 Å². The van der Waals surface area contributed by atoms with Gasteiger partial charge in [-0.1, -0.05) is 18.2 Å². The summed E-state index contributed by atoms with van der Waals surface area (Å²) >= 11 is 0. The Bertz CT molecular complexity index is 1050. The fourth-order valence-corrected chi connectivity index (χ4v) is 2.72. The third-order valence-corrected chi connectivity index (χ3v) is 3.84. The van der Waals surface area contributed by atoms with E-state index in [1.807, 2.05) is 60.8 Å². The van der Waals surface area contributed by atoms with Gasteiger partial charge in [0.1, 0.15) is 17.3 Å². The molecule has 27 heavy (non-hydrogen) atoms. The molecular formula is C21H21N5O. The molecule has 0 unspecified atom stereocenters. The van der Waals surface area contributed by atoms with Gasteiger partial charge >= 0.3 is 0 Å². The van der Waals surface area contributed by atoms with E-state index in [0.717, 1.165) is 28.2 Å². The Balaban J connectivity index is 1.81. The van der Waals surface area contributed by atoms with Gasteiger partial charge in [-0.05, 0) is 57.2 Å². The number of fused-ring (bicyclic) bond motifs is 1. The van der Waals surface area contributed by atoms with E-state index in [1.165, 1.54) is 0 Å². The monoisotopic (exact) mass is 359 g/mol. The van der Waals surface area contributed by atoms with Gasteiger partial charge in [-0.3, -0.25) is 0 Å². The molecule has 0 saturated carbocycles. The molecule has 0 atom stereocenters. The molecule has 2 aromatic heterocycles. The van der Waals surface area contributed by atoms with Crippen molar-refractivity contribution in [2.24, 2.45) is 0 Å². The normalized spacial score (nSPS) is 11.5. The molecule has 6 nitrogen and oxygen atoms in total. The minimum absolute atomic E-state index is 0.154. The molecular weight excluding hydrogens is 338 g/mol. The van der Waals surface area contributed by atoms with Crippen LogP contribution in [0.2, 0.25) is 0 Å². The zero-order valence-electron chi connectivity index (χ0n) is 15.5. The third-order valence-electron chi connectivity index (χ3n) is 3.84. The van der Waals surface area contributed by atoms with Crippen molar-refractivity contribution < 1.29 is 4.74 Å². The highest BCUT2D eigenvalue weighted by Gasteiger charge is 2.16. The SMILES string of the molecule is CC(C)(C)Nc1nc(-n2cccn2)nc2ccc(Oc3ccccc3)cc12. The lowest BCUT2D eigenvalue weighted by Crippen LogP contribution is -2.27. The number of para-hydroxylation sites is 1. The summed E-state index contributed by atoms with van der Waals surface area (Å²) in [5, 5.41) is 8.61. The molecule has 0 radical (unpaired) electrons. The Hall–Kier alpha value is -3.41. The molecule has 2 heterocycles. The third kappa shape index (κ3) is 3.89. The summed E-state index contributed by atoms with van der Waals surface area (Å²) in [4.78, 5) is 9.35. The summed E-state index contributed by atoms with van der Waals surface area (Å²) in [5.41, 5.74) is 0.668. The number of ether oxygens (including phenoxy) is 1. The number of anilines is 1. The van der Waals surface area contributed by atoms with Crippen molar-refractivity contribution in [3.8, 4) is 17.4 Å². The van der Waals surface area contributed by atoms with Crippen LogP contribution in [0, 0.1) is 0 Å². The van der Waals surface area contributed by atoms with Crippen LogP contribution in [-0.2, 0) is 0 Å². The Labute approximate surface area is 157 Å². The lowest BCUT2D eigenvalue weighted by molar-refractivity contribution is 0.483. The average molecular weight is 359 g/mol. The summed E-state index contributed by atoms with van der Waals surface area (Å²) in [6.07, 6.45) is 3.54. The standard InChI is InChI=1S/C21H21N5O/c1-21(2,3)25-19-17-14-16(27-15-8-5-4-6-9-15)10-11-18(17)23-20(24-19)26-13-7-12-22-26/h4-14H,1-3H3,(H,23,24,25). The molecule has 0 aliphatic carbocycles. The molecule has 0 aliphatic rings. The Morgan fingerprint density at radius 1 is 0.926 bits per heavy atom. The van der Waals surface area contributed by atoms with Gasteiger partial charge in [-0.25, -0.2) is 9.67 Å². The van der Waals surface area contributed by atoms with Gasteiger partial charge in [0.05, 0.1) is 5.52 Å². The van der Waals surface area contributed by atoms with Gasteiger partial charge in [-0.2, -0.15) is 10.1 Å². The van der Waals surface area contributed by atoms with E-state index < -0.39 is 0 Å². The van der Waals surface area contributed by atoms with Crippen LogP contribution in [0.1, 0.15) is 20.8 Å². The van der Waals surface area contributed by atoms with Crippen molar-refractivity contribution in [1.82, 2.24) is 19.7 Å². The summed E-state index contributed by atoms with van der Waals surface area (Å²) in [6.45, 7) is 6.29. The fourth-order valence-electron chi connectivity index (χ4n) is 2.72. The van der Waals surface area contributed by atoms with Crippen molar-refractivity contribution in [3.63, 3.8) is 0 Å². The molecule has 0 saturated heterocycles. The van der Waals surface area contributed by atoms with Crippen molar-refractivity contribution in [2.45, 2.75) is 26.3 Å². The van der Waals surface area contributed by atoms with Crippen LogP contribution in [0.25, 0.3) is 16.9 Å². The van der Waals surface area contributed by atoms with E-state index in [0.29, 0.717) is 5.95 Å². The maximum Gasteiger partial charge on any atom is 0.253 e. The first-order valence-electron chi connectivity index (χ1n) is 8.81. The van der Waals surface area contributed by atoms with Crippen LogP contribution in [0.5, 0.6) is 11.5 Å². The highest BCUT2D eigenvalue weighted by Crippen LogP contribution is 2.30. The largest absolute Gasteiger partial charge is 0.457 e. The summed E-state index contributed by atoms with van der Waals surface area (Å²) < 4.78 is 7.63. The number of nitrogens with one attached hydrogen (secondary N) is 1. The van der Waals surface area contributed by atoms with Crippen LogP contribution < -0.4 is 10.1 Å². The molecule has 0 bridgehead atoms. The Morgan fingerprint density at radius 2 is 1.74 bits per heavy atom. The minimum atomic E-state index is -0.154. The maximum absolute atomic E-state index is 5.97. The second-order valence-electron chi connectivity index (χ2n) is 7.29. The summed E-state index contributed by atoms with van der Waals surface area (Å²) in [6, 6.07) is 17.4. The van der Waals surface area contributed by atoms with Crippen LogP contribution >= 0.6 is 0 Å². The Kier molecular flexibility index (Phi) is 4.24. The molecule has 2 aromatic carbocycles. The van der Waals surface area contributed by atoms with Gasteiger partial charge in [0.2, 0.25) is 0 Å². The maximum atomic E-state index is 5.97. The topological polar surface area (TPSA) is 64.9 Å². The van der Waals surface area contributed by atoms with Crippen molar-refractivity contribution >= 4 is 16.7 Å². The highest BCUT2D eigenvalue weighted by atomic mass is 16.5. The molecule has 6 heteroatoms. The lowest BCUT2D eigenvalue weighted by atomic mass is 10.1. The van der Waals surface area contributed by atoms with Crippen molar-refractivity contribution in [2.75, 3.05) is 5.32 Å². The van der Waals surface area contributed by atoms with Crippen LogP contribution in [-0.4, -0.2) is 25.3 Å². The molecule has 136 valence electrons. The first-order chi connectivity index (χ1) is 13.0. The number of rotatable bonds is 4. The first-order valence-corrected chi connectivity index (χ1v) is 8.81. The van der Waals surface area contributed by atoms with Gasteiger partial charge in [-0.15, -0.1) is 0 Å². The molecule has 0 aliphatic heterocycles. The summed E-state index contributed by atoms with van der Waals surface area (Å²) in [7, 11) is 0. The first kappa shape index (κ1) is 17.0. The van der Waals surface area contributed by atoms with Crippen LogP contribution in [0.4, 0.5) is 5.82 Å². The smallest absolute Gasteiger partial charge is 0.253 e. The van der Waals surface area contributed by atoms with Crippen LogP contribution in [0.3, 0.4) is 0 Å². The van der Waals surface area contributed by atoms with Gasteiger partial charge in [0, 0.05) is 23.3 Å². The zero-order valence-corrected chi connectivity index (χ0v) is 15.5. The average Bonchev–Trinajstić information content (AvgIpc) is 3.16. The van der Waals surface area contributed by atoms with E-state index >= 15 is 0 Å². The van der Waals surface area contributed by atoms with Gasteiger partial charge < -0.3 is 10.1 Å². The second-order valence-corrected chi connectivity index (χ2v) is 7.29. The van der Waals surface area contributed by atoms with Crippen molar-refractivity contribution in [1.29, 1.82) is 0 Å². The molecule has 4 aromatic rings. The summed E-state index contributed by atoms with van der Waals surface area (Å²) in [5.74, 6) is 2.80. The number of benzene rings is 2. The van der Waals surface area contributed by atoms with E-state index in [4.69, 9.17) is 9.72 Å².